The Labute approximate surface area is 139 Å². The normalized spacial score (nSPS) is 10.2. The number of esters is 1. The Hall–Kier alpha value is -3.03. The molecule has 0 fully saturated rings. The van der Waals surface area contributed by atoms with Gasteiger partial charge in [-0.3, -0.25) is 9.48 Å². The molecule has 1 aromatic carbocycles. The minimum Gasteiger partial charge on any atom is -0.493 e. The van der Waals surface area contributed by atoms with Crippen LogP contribution in [0.3, 0.4) is 0 Å². The predicted molar refractivity (Wildman–Crippen MR) is 86.7 cm³/mol. The van der Waals surface area contributed by atoms with Crippen LogP contribution in [0, 0.1) is 0 Å². The molecule has 0 aliphatic rings. The van der Waals surface area contributed by atoms with E-state index >= 15 is 0 Å². The van der Waals surface area contributed by atoms with Crippen molar-refractivity contribution < 1.29 is 23.8 Å². The Morgan fingerprint density at radius 3 is 2.38 bits per heavy atom. The molecule has 1 heterocycles. The molecule has 1 aromatic heterocycles. The number of carbonyl (C=O) groups is 2. The molecule has 2 rings (SSSR count). The van der Waals surface area contributed by atoms with Crippen LogP contribution in [0.15, 0.2) is 24.4 Å². The number of methoxy groups -OCH3 is 3. The van der Waals surface area contributed by atoms with E-state index in [1.807, 2.05) is 6.92 Å². The molecular weight excluding hydrogens is 314 g/mol. The maximum absolute atomic E-state index is 12.3. The highest BCUT2D eigenvalue weighted by atomic mass is 16.5. The maximum atomic E-state index is 12.3. The number of amides is 1. The number of benzene rings is 1. The Bertz CT molecular complexity index is 754. The van der Waals surface area contributed by atoms with Crippen molar-refractivity contribution in [3.63, 3.8) is 0 Å². The fourth-order valence-electron chi connectivity index (χ4n) is 2.11. The molecule has 128 valence electrons. The summed E-state index contributed by atoms with van der Waals surface area (Å²) >= 11 is 0. The van der Waals surface area contributed by atoms with Gasteiger partial charge in [-0.2, -0.15) is 5.10 Å². The maximum Gasteiger partial charge on any atom is 0.340 e. The minimum atomic E-state index is -0.606. The highest BCUT2D eigenvalue weighted by Gasteiger charge is 2.20. The lowest BCUT2D eigenvalue weighted by molar-refractivity contribution is 0.0601. The number of anilines is 1. The number of rotatable bonds is 6. The smallest absolute Gasteiger partial charge is 0.340 e. The fraction of sp³-hybridized carbons (Fsp3) is 0.312. The molecule has 24 heavy (non-hydrogen) atoms. The van der Waals surface area contributed by atoms with Gasteiger partial charge in [0.1, 0.15) is 0 Å². The Kier molecular flexibility index (Phi) is 5.41. The zero-order chi connectivity index (χ0) is 17.7. The minimum absolute atomic E-state index is 0.151. The third-order valence-corrected chi connectivity index (χ3v) is 3.37. The monoisotopic (exact) mass is 333 g/mol. The lowest BCUT2D eigenvalue weighted by Crippen LogP contribution is -2.16. The average Bonchev–Trinajstić information content (AvgIpc) is 3.09. The summed E-state index contributed by atoms with van der Waals surface area (Å²) in [6, 6.07) is 4.54. The molecule has 0 unspecified atom stereocenters. The number of carbonyl (C=O) groups excluding carboxylic acids is 2. The van der Waals surface area contributed by atoms with Crippen molar-refractivity contribution in [2.75, 3.05) is 26.6 Å². The van der Waals surface area contributed by atoms with E-state index in [0.717, 1.165) is 0 Å². The summed E-state index contributed by atoms with van der Waals surface area (Å²) in [4.78, 5) is 24.3. The largest absolute Gasteiger partial charge is 0.493 e. The van der Waals surface area contributed by atoms with Crippen LogP contribution in [0.25, 0.3) is 0 Å². The SMILES string of the molecule is CCn1ccc(C(=O)Nc2cc(OC)c(OC)cc2C(=O)OC)n1. The lowest BCUT2D eigenvalue weighted by atomic mass is 10.1. The summed E-state index contributed by atoms with van der Waals surface area (Å²) in [6.07, 6.45) is 1.70. The first-order valence-corrected chi connectivity index (χ1v) is 7.23. The highest BCUT2D eigenvalue weighted by molar-refractivity contribution is 6.07. The number of aryl methyl sites for hydroxylation is 1. The van der Waals surface area contributed by atoms with E-state index < -0.39 is 11.9 Å². The molecule has 0 spiro atoms. The van der Waals surface area contributed by atoms with E-state index in [4.69, 9.17) is 14.2 Å². The molecular formula is C16H19N3O5. The number of aromatic nitrogens is 2. The molecule has 8 nitrogen and oxygen atoms in total. The van der Waals surface area contributed by atoms with Crippen molar-refractivity contribution in [3.8, 4) is 11.5 Å². The van der Waals surface area contributed by atoms with Gasteiger partial charge in [-0.25, -0.2) is 4.79 Å². The molecule has 0 radical (unpaired) electrons. The van der Waals surface area contributed by atoms with Crippen molar-refractivity contribution in [1.82, 2.24) is 9.78 Å². The van der Waals surface area contributed by atoms with Crippen LogP contribution in [0.5, 0.6) is 11.5 Å². The molecule has 8 heteroatoms. The highest BCUT2D eigenvalue weighted by Crippen LogP contribution is 2.33. The second kappa shape index (κ2) is 7.49. The van der Waals surface area contributed by atoms with Gasteiger partial charge in [0, 0.05) is 24.9 Å². The second-order valence-corrected chi connectivity index (χ2v) is 4.76. The first-order chi connectivity index (χ1) is 11.5. The number of hydrogen-bond acceptors (Lipinski definition) is 6. The van der Waals surface area contributed by atoms with Crippen molar-refractivity contribution in [2.45, 2.75) is 13.5 Å². The van der Waals surface area contributed by atoms with Gasteiger partial charge in [0.05, 0.1) is 32.6 Å². The van der Waals surface area contributed by atoms with Crippen molar-refractivity contribution in [2.24, 2.45) is 0 Å². The van der Waals surface area contributed by atoms with Gasteiger partial charge < -0.3 is 19.5 Å². The zero-order valence-electron chi connectivity index (χ0n) is 14.0. The van der Waals surface area contributed by atoms with E-state index in [9.17, 15) is 9.59 Å². The van der Waals surface area contributed by atoms with Crippen molar-refractivity contribution >= 4 is 17.6 Å². The molecule has 2 aromatic rings. The molecule has 0 aliphatic heterocycles. The van der Waals surface area contributed by atoms with Gasteiger partial charge in [-0.1, -0.05) is 0 Å². The molecule has 0 saturated heterocycles. The summed E-state index contributed by atoms with van der Waals surface area (Å²) in [7, 11) is 4.17. The second-order valence-electron chi connectivity index (χ2n) is 4.76. The standard InChI is InChI=1S/C16H19N3O5/c1-5-19-7-6-11(18-19)15(20)17-12-9-14(23-3)13(22-2)8-10(12)16(21)24-4/h6-9H,5H2,1-4H3,(H,17,20). The molecule has 0 atom stereocenters. The fourth-order valence-corrected chi connectivity index (χ4v) is 2.11. The first-order valence-electron chi connectivity index (χ1n) is 7.23. The van der Waals surface area contributed by atoms with Crippen LogP contribution < -0.4 is 14.8 Å². The van der Waals surface area contributed by atoms with Crippen LogP contribution >= 0.6 is 0 Å². The van der Waals surface area contributed by atoms with Gasteiger partial charge in [0.25, 0.3) is 5.91 Å². The van der Waals surface area contributed by atoms with Gasteiger partial charge in [-0.05, 0) is 13.0 Å². The van der Waals surface area contributed by atoms with Gasteiger partial charge in [-0.15, -0.1) is 0 Å². The molecule has 1 N–H and O–H groups in total. The van der Waals surface area contributed by atoms with E-state index in [1.165, 1.54) is 33.5 Å². The number of hydrogen-bond donors (Lipinski definition) is 1. The number of ether oxygens (including phenoxy) is 3. The quantitative estimate of drug-likeness (QED) is 0.813. The first kappa shape index (κ1) is 17.3. The van der Waals surface area contributed by atoms with Crippen molar-refractivity contribution in [1.29, 1.82) is 0 Å². The van der Waals surface area contributed by atoms with Crippen molar-refractivity contribution in [3.05, 3.63) is 35.7 Å². The predicted octanol–water partition coefficient (Wildman–Crippen LogP) is 1.96. The zero-order valence-corrected chi connectivity index (χ0v) is 14.0. The van der Waals surface area contributed by atoms with Gasteiger partial charge >= 0.3 is 5.97 Å². The summed E-state index contributed by atoms with van der Waals surface area (Å²) in [5.41, 5.74) is 0.636. The third kappa shape index (κ3) is 3.48. The molecule has 0 saturated carbocycles. The summed E-state index contributed by atoms with van der Waals surface area (Å²) in [5, 5.41) is 6.78. The Morgan fingerprint density at radius 1 is 1.17 bits per heavy atom. The number of nitrogens with zero attached hydrogens (tertiary/aromatic N) is 2. The van der Waals surface area contributed by atoms with Crippen LogP contribution in [0.1, 0.15) is 27.8 Å². The molecule has 0 aliphatic carbocycles. The van der Waals surface area contributed by atoms with Gasteiger partial charge in [0.15, 0.2) is 17.2 Å². The topological polar surface area (TPSA) is 91.7 Å². The van der Waals surface area contributed by atoms with Crippen LogP contribution in [-0.2, 0) is 11.3 Å². The van der Waals surface area contributed by atoms with Crippen LogP contribution in [-0.4, -0.2) is 43.0 Å². The van der Waals surface area contributed by atoms with E-state index in [0.29, 0.717) is 18.0 Å². The van der Waals surface area contributed by atoms with E-state index in [1.54, 1.807) is 16.9 Å². The van der Waals surface area contributed by atoms with Crippen LogP contribution in [0.4, 0.5) is 5.69 Å². The molecule has 1 amide bonds. The Morgan fingerprint density at radius 2 is 1.83 bits per heavy atom. The van der Waals surface area contributed by atoms with Gasteiger partial charge in [0.2, 0.25) is 0 Å². The number of nitrogens with one attached hydrogen (secondary N) is 1. The van der Waals surface area contributed by atoms with Crippen LogP contribution in [0.2, 0.25) is 0 Å². The molecule has 0 bridgehead atoms. The van der Waals surface area contributed by atoms with E-state index in [2.05, 4.69) is 10.4 Å². The summed E-state index contributed by atoms with van der Waals surface area (Å²) in [6.45, 7) is 2.56. The Balaban J connectivity index is 2.39. The lowest BCUT2D eigenvalue weighted by Gasteiger charge is -2.14. The summed E-state index contributed by atoms with van der Waals surface area (Å²) in [5.74, 6) is -0.324. The van der Waals surface area contributed by atoms with E-state index in [-0.39, 0.29) is 16.9 Å². The summed E-state index contributed by atoms with van der Waals surface area (Å²) < 4.78 is 16.8. The third-order valence-electron chi connectivity index (χ3n) is 3.37. The average molecular weight is 333 g/mol.